The number of rotatable bonds is 11. The van der Waals surface area contributed by atoms with E-state index in [1.807, 2.05) is 13.0 Å². The average Bonchev–Trinajstić information content (AvgIpc) is 2.61. The van der Waals surface area contributed by atoms with Crippen LogP contribution in [0.3, 0.4) is 0 Å². The molecule has 0 saturated carbocycles. The van der Waals surface area contributed by atoms with Crippen LogP contribution in [-0.2, 0) is 42.2 Å². The Hall–Kier alpha value is -0.196. The number of methoxy groups -OCH3 is 2. The summed E-state index contributed by atoms with van der Waals surface area (Å²) in [7, 11) is 3.21. The Morgan fingerprint density at radius 2 is 1.76 bits per heavy atom. The van der Waals surface area contributed by atoms with E-state index in [2.05, 4.69) is 19.9 Å². The molecule has 2 N–H and O–H groups in total. The van der Waals surface area contributed by atoms with Crippen molar-refractivity contribution in [2.24, 2.45) is 5.73 Å². The molecule has 1 atom stereocenters. The standard InChI is InChI=1S/C10H14NO2.C9H19O2.Y/c1-7(11)9-6-8(12-2)4-5-10(9)13-3;1-3-5-7-11-9-8-10-6-4-2;/h5-7H,11H2,1-3H3;1,3-9H2,2H3;/q2*-1;. The van der Waals surface area contributed by atoms with Crippen LogP contribution in [0.25, 0.3) is 0 Å². The van der Waals surface area contributed by atoms with Gasteiger partial charge in [0, 0.05) is 63.5 Å². The number of hydrogen-bond donors (Lipinski definition) is 1. The number of nitrogens with two attached hydrogens (primary N) is 1. The SMILES string of the molecule is COc1[c-]cc(OC)c(C(C)N)c1.[CH2-]CCCOCCOCCC.[Y]. The number of hydrogen-bond acceptors (Lipinski definition) is 5. The molecule has 0 bridgehead atoms. The molecule has 1 radical (unpaired) electrons. The van der Waals surface area contributed by atoms with Crippen LogP contribution in [-0.4, -0.2) is 40.6 Å². The van der Waals surface area contributed by atoms with Gasteiger partial charge < -0.3 is 31.6 Å². The summed E-state index contributed by atoms with van der Waals surface area (Å²) in [5, 5.41) is 0. The summed E-state index contributed by atoms with van der Waals surface area (Å²) in [5.74, 6) is 1.42. The molecule has 0 heterocycles. The molecular formula is C19H33NO4Y-2. The Morgan fingerprint density at radius 1 is 1.12 bits per heavy atom. The Labute approximate surface area is 178 Å². The largest absolute Gasteiger partial charge is 0.554 e. The maximum Gasteiger partial charge on any atom is 0.0743 e. The monoisotopic (exact) mass is 428 g/mol. The Kier molecular flexibility index (Phi) is 20.1. The second-order valence-electron chi connectivity index (χ2n) is 5.25. The summed E-state index contributed by atoms with van der Waals surface area (Å²) in [6, 6.07) is 6.43. The van der Waals surface area contributed by atoms with Crippen LogP contribution >= 0.6 is 0 Å². The van der Waals surface area contributed by atoms with Crippen LogP contribution in [0.5, 0.6) is 11.5 Å². The first-order chi connectivity index (χ1) is 11.6. The van der Waals surface area contributed by atoms with Gasteiger partial charge in [-0.25, -0.2) is 0 Å². The van der Waals surface area contributed by atoms with Crippen molar-refractivity contribution in [3.05, 3.63) is 30.7 Å². The quantitative estimate of drug-likeness (QED) is 0.431. The minimum Gasteiger partial charge on any atom is -0.554 e. The van der Waals surface area contributed by atoms with E-state index in [0.717, 1.165) is 57.0 Å². The number of benzene rings is 1. The maximum atomic E-state index is 5.76. The zero-order valence-corrected chi connectivity index (χ0v) is 19.0. The van der Waals surface area contributed by atoms with Crippen molar-refractivity contribution in [1.82, 2.24) is 0 Å². The Balaban J connectivity index is 0. The molecule has 1 aromatic rings. The van der Waals surface area contributed by atoms with Crippen LogP contribution in [0.15, 0.2) is 12.1 Å². The van der Waals surface area contributed by atoms with Gasteiger partial charge in [-0.2, -0.15) is 6.42 Å². The molecule has 0 fully saturated rings. The molecule has 0 aliphatic carbocycles. The first kappa shape index (κ1) is 27.0. The molecule has 0 amide bonds. The van der Waals surface area contributed by atoms with Crippen molar-refractivity contribution in [3.63, 3.8) is 0 Å². The van der Waals surface area contributed by atoms with E-state index in [4.69, 9.17) is 24.7 Å². The Bertz CT molecular complexity index is 408. The molecule has 5 nitrogen and oxygen atoms in total. The molecule has 143 valence electrons. The number of ether oxygens (including phenoxy) is 4. The van der Waals surface area contributed by atoms with Gasteiger partial charge >= 0.3 is 0 Å². The van der Waals surface area contributed by atoms with Crippen molar-refractivity contribution in [1.29, 1.82) is 0 Å². The minimum atomic E-state index is -0.0709. The second-order valence-corrected chi connectivity index (χ2v) is 5.25. The first-order valence-corrected chi connectivity index (χ1v) is 8.44. The molecule has 25 heavy (non-hydrogen) atoms. The van der Waals surface area contributed by atoms with E-state index < -0.39 is 0 Å². The average molecular weight is 428 g/mol. The van der Waals surface area contributed by atoms with E-state index in [0.29, 0.717) is 5.75 Å². The molecule has 1 rings (SSSR count). The van der Waals surface area contributed by atoms with Gasteiger partial charge in [0.1, 0.15) is 0 Å². The summed E-state index contributed by atoms with van der Waals surface area (Å²) in [4.78, 5) is 0. The topological polar surface area (TPSA) is 62.9 Å². The van der Waals surface area contributed by atoms with E-state index in [1.165, 1.54) is 0 Å². The molecular weight excluding hydrogens is 395 g/mol. The first-order valence-electron chi connectivity index (χ1n) is 8.44. The molecule has 1 aromatic carbocycles. The summed E-state index contributed by atoms with van der Waals surface area (Å²) in [5.41, 5.74) is 6.69. The fourth-order valence-electron chi connectivity index (χ4n) is 1.79. The van der Waals surface area contributed by atoms with Gasteiger partial charge in [0.25, 0.3) is 0 Å². The van der Waals surface area contributed by atoms with Crippen molar-refractivity contribution in [2.75, 3.05) is 40.6 Å². The number of unbranched alkanes of at least 4 members (excludes halogenated alkanes) is 1. The van der Waals surface area contributed by atoms with Crippen LogP contribution in [0, 0.1) is 13.0 Å². The van der Waals surface area contributed by atoms with Crippen LogP contribution in [0.2, 0.25) is 0 Å². The van der Waals surface area contributed by atoms with Crippen LogP contribution in [0.1, 0.15) is 44.7 Å². The summed E-state index contributed by atoms with van der Waals surface area (Å²) in [6.45, 7) is 10.8. The molecule has 0 aliphatic rings. The van der Waals surface area contributed by atoms with Gasteiger partial charge in [-0.1, -0.05) is 18.9 Å². The van der Waals surface area contributed by atoms with Crippen molar-refractivity contribution in [2.45, 2.75) is 39.2 Å². The molecule has 0 aromatic heterocycles. The Morgan fingerprint density at radius 3 is 2.24 bits per heavy atom. The minimum absolute atomic E-state index is 0. The molecule has 1 unspecified atom stereocenters. The second kappa shape index (κ2) is 18.6. The van der Waals surface area contributed by atoms with Crippen molar-refractivity contribution in [3.8, 4) is 11.5 Å². The van der Waals surface area contributed by atoms with E-state index in [-0.39, 0.29) is 38.8 Å². The molecule has 0 spiro atoms. The van der Waals surface area contributed by atoms with E-state index in [9.17, 15) is 0 Å². The van der Waals surface area contributed by atoms with Crippen LogP contribution < -0.4 is 15.2 Å². The van der Waals surface area contributed by atoms with Gasteiger partial charge in [0.15, 0.2) is 0 Å². The van der Waals surface area contributed by atoms with Gasteiger partial charge in [0.2, 0.25) is 0 Å². The third-order valence-corrected chi connectivity index (χ3v) is 3.11. The van der Waals surface area contributed by atoms with Gasteiger partial charge in [-0.15, -0.1) is 18.2 Å². The van der Waals surface area contributed by atoms with Gasteiger partial charge in [-0.3, -0.25) is 0 Å². The van der Waals surface area contributed by atoms with E-state index >= 15 is 0 Å². The van der Waals surface area contributed by atoms with E-state index in [1.54, 1.807) is 20.3 Å². The molecule has 0 saturated heterocycles. The predicted octanol–water partition coefficient (Wildman–Crippen LogP) is 3.57. The normalized spacial score (nSPS) is 11.0. The third-order valence-electron chi connectivity index (χ3n) is 3.11. The smallest absolute Gasteiger partial charge is 0.0743 e. The third kappa shape index (κ3) is 13.6. The van der Waals surface area contributed by atoms with Crippen molar-refractivity contribution >= 4 is 0 Å². The zero-order chi connectivity index (χ0) is 18.2. The van der Waals surface area contributed by atoms with Gasteiger partial charge in [-0.05, 0) is 13.3 Å². The fourth-order valence-corrected chi connectivity index (χ4v) is 1.79. The zero-order valence-electron chi connectivity index (χ0n) is 16.2. The summed E-state index contributed by atoms with van der Waals surface area (Å²) in [6.07, 6.45) is 3.09. The summed E-state index contributed by atoms with van der Waals surface area (Å²) >= 11 is 0. The van der Waals surface area contributed by atoms with Crippen molar-refractivity contribution < 1.29 is 51.7 Å². The predicted molar refractivity (Wildman–Crippen MR) is 97.5 cm³/mol. The fraction of sp³-hybridized carbons (Fsp3) is 0.632. The van der Waals surface area contributed by atoms with Crippen LogP contribution in [0.4, 0.5) is 0 Å². The maximum absolute atomic E-state index is 5.76. The molecule has 0 aliphatic heterocycles. The van der Waals surface area contributed by atoms with Gasteiger partial charge in [0.05, 0.1) is 27.4 Å². The summed E-state index contributed by atoms with van der Waals surface area (Å²) < 4.78 is 20.7. The molecule has 6 heteroatoms.